The van der Waals surface area contributed by atoms with E-state index in [1.54, 1.807) is 11.6 Å². The van der Waals surface area contributed by atoms with Crippen LogP contribution in [0.5, 0.6) is 5.75 Å². The Bertz CT molecular complexity index is 1300. The SMILES string of the molecule is COc1ccc(C=Cc2nn3c(-c4ccc5ccccc5n4)nnc3s2)cc1. The van der Waals surface area contributed by atoms with Gasteiger partial charge in [-0.1, -0.05) is 53.8 Å². The lowest BCUT2D eigenvalue weighted by Gasteiger charge is -2.00. The van der Waals surface area contributed by atoms with E-state index in [9.17, 15) is 0 Å². The fraction of sp³-hybridized carbons (Fsp3) is 0.0476. The first-order valence-electron chi connectivity index (χ1n) is 8.71. The molecule has 3 aromatic heterocycles. The van der Waals surface area contributed by atoms with Crippen LogP contribution in [0, 0.1) is 0 Å². The lowest BCUT2D eigenvalue weighted by molar-refractivity contribution is 0.415. The number of para-hydroxylation sites is 1. The summed E-state index contributed by atoms with van der Waals surface area (Å²) in [4.78, 5) is 5.43. The quantitative estimate of drug-likeness (QED) is 0.453. The van der Waals surface area contributed by atoms with Crippen molar-refractivity contribution in [1.82, 2.24) is 24.8 Å². The maximum Gasteiger partial charge on any atom is 0.235 e. The maximum atomic E-state index is 5.18. The number of pyridine rings is 1. The lowest BCUT2D eigenvalue weighted by atomic mass is 10.2. The van der Waals surface area contributed by atoms with Gasteiger partial charge in [0.05, 0.1) is 12.6 Å². The molecule has 6 nitrogen and oxygen atoms in total. The smallest absolute Gasteiger partial charge is 0.235 e. The Balaban J connectivity index is 1.48. The predicted octanol–water partition coefficient (Wildman–Crippen LogP) is 4.58. The van der Waals surface area contributed by atoms with E-state index in [1.807, 2.05) is 72.8 Å². The van der Waals surface area contributed by atoms with E-state index < -0.39 is 0 Å². The Morgan fingerprint density at radius 2 is 1.79 bits per heavy atom. The van der Waals surface area contributed by atoms with Gasteiger partial charge < -0.3 is 4.74 Å². The number of hydrogen-bond acceptors (Lipinski definition) is 6. The Hall–Kier alpha value is -3.58. The van der Waals surface area contributed by atoms with Gasteiger partial charge >= 0.3 is 0 Å². The molecule has 0 spiro atoms. The van der Waals surface area contributed by atoms with Crippen molar-refractivity contribution in [3.8, 4) is 17.3 Å². The third-order valence-corrected chi connectivity index (χ3v) is 5.23. The molecule has 2 aromatic carbocycles. The number of fused-ring (bicyclic) bond motifs is 2. The minimum absolute atomic E-state index is 0.640. The van der Waals surface area contributed by atoms with Crippen LogP contribution in [-0.4, -0.2) is 31.9 Å². The van der Waals surface area contributed by atoms with E-state index in [1.165, 1.54) is 11.3 Å². The molecular formula is C21H15N5OS. The van der Waals surface area contributed by atoms with Crippen molar-refractivity contribution in [3.63, 3.8) is 0 Å². The second-order valence-electron chi connectivity index (χ2n) is 6.15. The van der Waals surface area contributed by atoms with E-state index in [-0.39, 0.29) is 0 Å². The second-order valence-corrected chi connectivity index (χ2v) is 7.14. The Labute approximate surface area is 164 Å². The highest BCUT2D eigenvalue weighted by Gasteiger charge is 2.14. The molecule has 0 N–H and O–H groups in total. The summed E-state index contributed by atoms with van der Waals surface area (Å²) < 4.78 is 6.93. The van der Waals surface area contributed by atoms with Crippen LogP contribution >= 0.6 is 11.3 Å². The summed E-state index contributed by atoms with van der Waals surface area (Å²) in [6, 6.07) is 19.9. The van der Waals surface area contributed by atoms with E-state index >= 15 is 0 Å². The highest BCUT2D eigenvalue weighted by atomic mass is 32.1. The van der Waals surface area contributed by atoms with Gasteiger partial charge in [-0.2, -0.15) is 9.61 Å². The van der Waals surface area contributed by atoms with Crippen LogP contribution in [0.2, 0.25) is 0 Å². The summed E-state index contributed by atoms with van der Waals surface area (Å²) in [5.41, 5.74) is 2.75. The molecule has 0 unspecified atom stereocenters. The molecule has 0 radical (unpaired) electrons. The minimum Gasteiger partial charge on any atom is -0.497 e. The molecule has 0 saturated heterocycles. The Morgan fingerprint density at radius 3 is 2.64 bits per heavy atom. The zero-order valence-electron chi connectivity index (χ0n) is 15.0. The minimum atomic E-state index is 0.640. The molecule has 0 saturated carbocycles. The van der Waals surface area contributed by atoms with Gasteiger partial charge in [0.1, 0.15) is 16.5 Å². The van der Waals surface area contributed by atoms with Crippen molar-refractivity contribution in [1.29, 1.82) is 0 Å². The summed E-state index contributed by atoms with van der Waals surface area (Å²) in [7, 11) is 1.66. The Morgan fingerprint density at radius 1 is 0.929 bits per heavy atom. The third-order valence-electron chi connectivity index (χ3n) is 4.37. The van der Waals surface area contributed by atoms with Gasteiger partial charge in [-0.05, 0) is 35.9 Å². The summed E-state index contributed by atoms with van der Waals surface area (Å²) in [6.07, 6.45) is 3.98. The number of methoxy groups -OCH3 is 1. The molecule has 0 fully saturated rings. The van der Waals surface area contributed by atoms with E-state index in [2.05, 4.69) is 15.3 Å². The molecular weight excluding hydrogens is 370 g/mol. The van der Waals surface area contributed by atoms with Crippen molar-refractivity contribution in [3.05, 3.63) is 71.2 Å². The topological polar surface area (TPSA) is 65.2 Å². The molecule has 5 aromatic rings. The van der Waals surface area contributed by atoms with Gasteiger partial charge in [0.2, 0.25) is 10.8 Å². The number of hydrogen-bond donors (Lipinski definition) is 0. The van der Waals surface area contributed by atoms with Gasteiger partial charge in [-0.15, -0.1) is 10.2 Å². The lowest BCUT2D eigenvalue weighted by Crippen LogP contribution is -1.93. The molecule has 28 heavy (non-hydrogen) atoms. The van der Waals surface area contributed by atoms with Crippen molar-refractivity contribution in [2.75, 3.05) is 7.11 Å². The first kappa shape index (κ1) is 16.6. The van der Waals surface area contributed by atoms with E-state index in [0.717, 1.165) is 37.9 Å². The number of ether oxygens (including phenoxy) is 1. The van der Waals surface area contributed by atoms with Crippen LogP contribution in [0.25, 0.3) is 39.5 Å². The average Bonchev–Trinajstić information content (AvgIpc) is 3.32. The third kappa shape index (κ3) is 3.01. The number of aromatic nitrogens is 5. The maximum absolute atomic E-state index is 5.18. The van der Waals surface area contributed by atoms with Crippen LogP contribution in [0.3, 0.4) is 0 Å². The van der Waals surface area contributed by atoms with Crippen LogP contribution in [-0.2, 0) is 0 Å². The molecule has 7 heteroatoms. The number of rotatable bonds is 4. The summed E-state index contributed by atoms with van der Waals surface area (Å²) in [5.74, 6) is 1.48. The van der Waals surface area contributed by atoms with Gasteiger partial charge in [0.15, 0.2) is 0 Å². The molecule has 0 aliphatic heterocycles. The zero-order chi connectivity index (χ0) is 18.9. The number of nitrogens with zero attached hydrogens (tertiary/aromatic N) is 5. The highest BCUT2D eigenvalue weighted by molar-refractivity contribution is 7.17. The zero-order valence-corrected chi connectivity index (χ0v) is 15.8. The molecule has 0 aliphatic rings. The van der Waals surface area contributed by atoms with Gasteiger partial charge in [-0.25, -0.2) is 4.98 Å². The predicted molar refractivity (Wildman–Crippen MR) is 111 cm³/mol. The summed E-state index contributed by atoms with van der Waals surface area (Å²) in [5, 5.41) is 15.1. The van der Waals surface area contributed by atoms with E-state index in [4.69, 9.17) is 9.72 Å². The van der Waals surface area contributed by atoms with Gasteiger partial charge in [0.25, 0.3) is 0 Å². The van der Waals surface area contributed by atoms with Crippen LogP contribution in [0.15, 0.2) is 60.7 Å². The van der Waals surface area contributed by atoms with Crippen molar-refractivity contribution in [2.24, 2.45) is 0 Å². The van der Waals surface area contributed by atoms with Crippen LogP contribution in [0.1, 0.15) is 10.6 Å². The van der Waals surface area contributed by atoms with Crippen molar-refractivity contribution in [2.45, 2.75) is 0 Å². The standard InChI is InChI=1S/C21H15N5OS/c1-27-16-10-6-14(7-11-16)8-13-19-25-26-20(23-24-21(26)28-19)18-12-9-15-4-2-3-5-17(15)22-18/h2-13H,1H3. The fourth-order valence-corrected chi connectivity index (χ4v) is 3.67. The normalized spacial score (nSPS) is 11.6. The highest BCUT2D eigenvalue weighted by Crippen LogP contribution is 2.23. The molecule has 0 bridgehead atoms. The summed E-state index contributed by atoms with van der Waals surface area (Å²) >= 11 is 1.48. The summed E-state index contributed by atoms with van der Waals surface area (Å²) in [6.45, 7) is 0. The monoisotopic (exact) mass is 385 g/mol. The van der Waals surface area contributed by atoms with Crippen LogP contribution < -0.4 is 4.74 Å². The first-order valence-corrected chi connectivity index (χ1v) is 9.52. The van der Waals surface area contributed by atoms with Gasteiger partial charge in [-0.3, -0.25) is 0 Å². The molecule has 0 aliphatic carbocycles. The van der Waals surface area contributed by atoms with Crippen molar-refractivity contribution >= 4 is 39.4 Å². The first-order chi connectivity index (χ1) is 13.8. The molecule has 136 valence electrons. The molecule has 0 amide bonds. The molecule has 5 rings (SSSR count). The van der Waals surface area contributed by atoms with Crippen molar-refractivity contribution < 1.29 is 4.74 Å². The van der Waals surface area contributed by atoms with Crippen LogP contribution in [0.4, 0.5) is 0 Å². The average molecular weight is 385 g/mol. The Kier molecular flexibility index (Phi) is 4.06. The van der Waals surface area contributed by atoms with E-state index in [0.29, 0.717) is 5.82 Å². The second kappa shape index (κ2) is 6.86. The van der Waals surface area contributed by atoms with Gasteiger partial charge in [0, 0.05) is 5.39 Å². The largest absolute Gasteiger partial charge is 0.497 e. The molecule has 0 atom stereocenters. The number of benzene rings is 2. The molecule has 3 heterocycles. The fourth-order valence-electron chi connectivity index (χ4n) is 2.93.